The second-order valence-corrected chi connectivity index (χ2v) is 6.33. The summed E-state index contributed by atoms with van der Waals surface area (Å²) in [4.78, 5) is 35.8. The Morgan fingerprint density at radius 2 is 1.40 bits per heavy atom. The van der Waals surface area contributed by atoms with Crippen molar-refractivity contribution in [2.24, 2.45) is 0 Å². The van der Waals surface area contributed by atoms with Crippen LogP contribution in [0.25, 0.3) is 0 Å². The van der Waals surface area contributed by atoms with Gasteiger partial charge in [0.15, 0.2) is 11.5 Å². The number of rotatable bonds is 10. The van der Waals surface area contributed by atoms with Gasteiger partial charge in [-0.3, -0.25) is 25.2 Å². The lowest BCUT2D eigenvalue weighted by Crippen LogP contribution is -2.42. The predicted molar refractivity (Wildman–Crippen MR) is 113 cm³/mol. The van der Waals surface area contributed by atoms with Gasteiger partial charge in [-0.2, -0.15) is 0 Å². The number of benzene rings is 2. The van der Waals surface area contributed by atoms with Crippen molar-refractivity contribution in [1.29, 1.82) is 0 Å². The van der Waals surface area contributed by atoms with Gasteiger partial charge >= 0.3 is 0 Å². The van der Waals surface area contributed by atoms with Crippen LogP contribution in [-0.4, -0.2) is 30.9 Å². The number of hydrazine groups is 1. The Kier molecular flexibility index (Phi) is 9.18. The van der Waals surface area contributed by atoms with E-state index in [2.05, 4.69) is 16.2 Å². The topological polar surface area (TPSA) is 106 Å². The Morgan fingerprint density at radius 1 is 0.767 bits per heavy atom. The molecule has 0 aliphatic rings. The minimum atomic E-state index is -0.451. The zero-order chi connectivity index (χ0) is 21.8. The van der Waals surface area contributed by atoms with Crippen LogP contribution in [0.4, 0.5) is 5.69 Å². The minimum absolute atomic E-state index is 0.00715. The molecule has 0 saturated heterocycles. The van der Waals surface area contributed by atoms with Crippen molar-refractivity contribution in [2.75, 3.05) is 18.5 Å². The van der Waals surface area contributed by atoms with Gasteiger partial charge in [0.05, 0.1) is 19.6 Å². The number of anilines is 1. The van der Waals surface area contributed by atoms with Crippen LogP contribution in [0.5, 0.6) is 11.5 Å². The van der Waals surface area contributed by atoms with Crippen LogP contribution < -0.4 is 25.6 Å². The Balaban J connectivity index is 1.75. The molecule has 3 amide bonds. The zero-order valence-corrected chi connectivity index (χ0v) is 17.2. The van der Waals surface area contributed by atoms with E-state index in [1.807, 2.05) is 19.9 Å². The van der Waals surface area contributed by atoms with E-state index in [9.17, 15) is 14.4 Å². The lowest BCUT2D eigenvalue weighted by molar-refractivity contribution is -0.129. The van der Waals surface area contributed by atoms with Crippen molar-refractivity contribution in [3.63, 3.8) is 0 Å². The van der Waals surface area contributed by atoms with E-state index < -0.39 is 5.91 Å². The molecule has 0 heterocycles. The average Bonchev–Trinajstić information content (AvgIpc) is 2.73. The van der Waals surface area contributed by atoms with Crippen molar-refractivity contribution in [3.05, 3.63) is 54.1 Å². The van der Waals surface area contributed by atoms with Gasteiger partial charge in [-0.15, -0.1) is 0 Å². The summed E-state index contributed by atoms with van der Waals surface area (Å²) in [5, 5.41) is 2.70. The van der Waals surface area contributed by atoms with Gasteiger partial charge < -0.3 is 14.8 Å². The quantitative estimate of drug-likeness (QED) is 0.519. The second-order valence-electron chi connectivity index (χ2n) is 6.33. The van der Waals surface area contributed by atoms with Gasteiger partial charge in [-0.25, -0.2) is 0 Å². The number of nitrogens with one attached hydrogen (secondary N) is 3. The van der Waals surface area contributed by atoms with Crippen molar-refractivity contribution < 1.29 is 23.9 Å². The molecule has 0 aliphatic heterocycles. The fraction of sp³-hybridized carbons (Fsp3) is 0.318. The van der Waals surface area contributed by atoms with E-state index in [4.69, 9.17) is 9.47 Å². The third kappa shape index (κ3) is 7.83. The van der Waals surface area contributed by atoms with Crippen LogP contribution in [0.1, 0.15) is 32.3 Å². The summed E-state index contributed by atoms with van der Waals surface area (Å²) in [5.41, 5.74) is 6.06. The van der Waals surface area contributed by atoms with Gasteiger partial charge in [0.1, 0.15) is 0 Å². The number of carbonyl (C=O) groups excluding carboxylic acids is 3. The maximum Gasteiger partial charge on any atom is 0.242 e. The van der Waals surface area contributed by atoms with E-state index in [1.54, 1.807) is 42.5 Å². The molecule has 2 rings (SSSR count). The first-order valence-electron chi connectivity index (χ1n) is 9.83. The molecule has 3 N–H and O–H groups in total. The number of para-hydroxylation sites is 1. The molecule has 0 spiro atoms. The Labute approximate surface area is 175 Å². The number of hydrogen-bond acceptors (Lipinski definition) is 5. The normalized spacial score (nSPS) is 10.1. The molecular formula is C22H27N3O5. The highest BCUT2D eigenvalue weighted by atomic mass is 16.5. The third-order valence-electron chi connectivity index (χ3n) is 3.95. The summed E-state index contributed by atoms with van der Waals surface area (Å²) in [6.45, 7) is 4.73. The van der Waals surface area contributed by atoms with Gasteiger partial charge in [0.2, 0.25) is 17.7 Å². The van der Waals surface area contributed by atoms with Crippen LogP contribution in [0.2, 0.25) is 0 Å². The molecule has 8 nitrogen and oxygen atoms in total. The number of carbonyl (C=O) groups is 3. The lowest BCUT2D eigenvalue weighted by Gasteiger charge is -2.12. The van der Waals surface area contributed by atoms with E-state index in [0.717, 1.165) is 5.56 Å². The summed E-state index contributed by atoms with van der Waals surface area (Å²) < 4.78 is 11.0. The van der Waals surface area contributed by atoms with Crippen molar-refractivity contribution >= 4 is 23.4 Å². The molecule has 0 unspecified atom stereocenters. The molecule has 0 bridgehead atoms. The molecule has 2 aromatic carbocycles. The molecule has 30 heavy (non-hydrogen) atoms. The monoisotopic (exact) mass is 413 g/mol. The second kappa shape index (κ2) is 12.1. The first kappa shape index (κ1) is 22.7. The molecule has 0 aromatic heterocycles. The van der Waals surface area contributed by atoms with Gasteiger partial charge in [-0.05, 0) is 43.7 Å². The summed E-state index contributed by atoms with van der Waals surface area (Å²) in [6, 6.07) is 14.2. The SMILES string of the molecule is CCOc1ccc(CC(=O)NNC(=O)CCC(=O)Nc2ccccc2)cc1OCC. The molecule has 0 aliphatic carbocycles. The van der Waals surface area contributed by atoms with Crippen molar-refractivity contribution in [2.45, 2.75) is 33.1 Å². The largest absolute Gasteiger partial charge is 0.490 e. The van der Waals surface area contributed by atoms with E-state index in [-0.39, 0.29) is 31.1 Å². The maximum absolute atomic E-state index is 12.1. The molecule has 0 radical (unpaired) electrons. The fourth-order valence-electron chi connectivity index (χ4n) is 2.61. The smallest absolute Gasteiger partial charge is 0.242 e. The molecular weight excluding hydrogens is 386 g/mol. The fourth-order valence-corrected chi connectivity index (χ4v) is 2.61. The third-order valence-corrected chi connectivity index (χ3v) is 3.95. The highest BCUT2D eigenvalue weighted by Gasteiger charge is 2.11. The van der Waals surface area contributed by atoms with E-state index in [1.165, 1.54) is 0 Å². The highest BCUT2D eigenvalue weighted by molar-refractivity contribution is 5.93. The maximum atomic E-state index is 12.1. The van der Waals surface area contributed by atoms with Crippen LogP contribution in [0, 0.1) is 0 Å². The Bertz CT molecular complexity index is 855. The molecule has 0 fully saturated rings. The first-order valence-corrected chi connectivity index (χ1v) is 9.83. The summed E-state index contributed by atoms with van der Waals surface area (Å²) in [6.07, 6.45) is 0.0188. The predicted octanol–water partition coefficient (Wildman–Crippen LogP) is 2.59. The molecule has 0 saturated carbocycles. The van der Waals surface area contributed by atoms with Crippen LogP contribution in [0.15, 0.2) is 48.5 Å². The standard InChI is InChI=1S/C22H27N3O5/c1-3-29-18-11-10-16(14-19(18)30-4-2)15-22(28)25-24-21(27)13-12-20(26)23-17-8-6-5-7-9-17/h5-11,14H,3-4,12-13,15H2,1-2H3,(H,23,26)(H,24,27)(H,25,28). The summed E-state index contributed by atoms with van der Waals surface area (Å²) in [5.74, 6) is 0.0705. The van der Waals surface area contributed by atoms with Gasteiger partial charge in [0, 0.05) is 18.5 Å². The molecule has 2 aromatic rings. The highest BCUT2D eigenvalue weighted by Crippen LogP contribution is 2.28. The Hall–Kier alpha value is -3.55. The van der Waals surface area contributed by atoms with Crippen LogP contribution in [-0.2, 0) is 20.8 Å². The molecule has 0 atom stereocenters. The average molecular weight is 413 g/mol. The minimum Gasteiger partial charge on any atom is -0.490 e. The van der Waals surface area contributed by atoms with Gasteiger partial charge in [0.25, 0.3) is 0 Å². The number of amides is 3. The van der Waals surface area contributed by atoms with Crippen LogP contribution >= 0.6 is 0 Å². The van der Waals surface area contributed by atoms with Crippen molar-refractivity contribution in [1.82, 2.24) is 10.9 Å². The summed E-state index contributed by atoms with van der Waals surface area (Å²) in [7, 11) is 0. The molecule has 160 valence electrons. The number of ether oxygens (including phenoxy) is 2. The van der Waals surface area contributed by atoms with E-state index >= 15 is 0 Å². The first-order chi connectivity index (χ1) is 14.5. The Morgan fingerprint density at radius 3 is 2.10 bits per heavy atom. The lowest BCUT2D eigenvalue weighted by atomic mass is 10.1. The van der Waals surface area contributed by atoms with Gasteiger partial charge in [-0.1, -0.05) is 24.3 Å². The number of hydrogen-bond donors (Lipinski definition) is 3. The van der Waals surface area contributed by atoms with E-state index in [0.29, 0.717) is 30.4 Å². The van der Waals surface area contributed by atoms with Crippen molar-refractivity contribution in [3.8, 4) is 11.5 Å². The zero-order valence-electron chi connectivity index (χ0n) is 17.2. The summed E-state index contributed by atoms with van der Waals surface area (Å²) >= 11 is 0. The van der Waals surface area contributed by atoms with Crippen LogP contribution in [0.3, 0.4) is 0 Å². The molecule has 8 heteroatoms.